The summed E-state index contributed by atoms with van der Waals surface area (Å²) >= 11 is 0. The van der Waals surface area contributed by atoms with E-state index >= 15 is 0 Å². The van der Waals surface area contributed by atoms with Gasteiger partial charge in [0.05, 0.1) is 11.7 Å². The van der Waals surface area contributed by atoms with Gasteiger partial charge in [-0.05, 0) is 45.4 Å². The van der Waals surface area contributed by atoms with Crippen molar-refractivity contribution in [2.45, 2.75) is 71.9 Å². The van der Waals surface area contributed by atoms with Gasteiger partial charge in [-0.25, -0.2) is 9.59 Å². The Bertz CT molecular complexity index is 722. The number of fused-ring (bicyclic) bond motifs is 2. The molecule has 6 atom stereocenters. The Hall–Kier alpha value is -1.66. The van der Waals surface area contributed by atoms with Crippen LogP contribution in [0.1, 0.15) is 53.9 Å². The second-order valence-corrected chi connectivity index (χ2v) is 8.34. The lowest BCUT2D eigenvalue weighted by Crippen LogP contribution is -2.62. The molecule has 1 aliphatic heterocycles. The molecule has 2 saturated carbocycles. The molecular weight excluding hydrogens is 348 g/mol. The second kappa shape index (κ2) is 6.74. The number of carbonyl (C=O) groups is 2. The van der Waals surface area contributed by atoms with E-state index in [0.717, 1.165) is 6.42 Å². The van der Waals surface area contributed by atoms with Gasteiger partial charge in [0.15, 0.2) is 0 Å². The van der Waals surface area contributed by atoms with E-state index < -0.39 is 35.3 Å². The maximum Gasteiger partial charge on any atom is 0.336 e. The fourth-order valence-corrected chi connectivity index (χ4v) is 5.09. The molecule has 2 aliphatic carbocycles. The lowest BCUT2D eigenvalue weighted by Gasteiger charge is -2.58. The van der Waals surface area contributed by atoms with Crippen molar-refractivity contribution in [2.75, 3.05) is 7.11 Å². The Kier molecular flexibility index (Phi) is 5.02. The van der Waals surface area contributed by atoms with Gasteiger partial charge in [-0.1, -0.05) is 19.9 Å². The molecule has 3 rings (SSSR count). The Balaban J connectivity index is 2.16. The van der Waals surface area contributed by atoms with Gasteiger partial charge in [-0.2, -0.15) is 0 Å². The quantitative estimate of drug-likeness (QED) is 0.601. The number of ether oxygens (including phenoxy) is 3. The molecular formula is C21H30O6. The van der Waals surface area contributed by atoms with E-state index in [2.05, 4.69) is 6.92 Å². The summed E-state index contributed by atoms with van der Waals surface area (Å²) in [6.45, 7) is 9.21. The summed E-state index contributed by atoms with van der Waals surface area (Å²) in [4.78, 5) is 25.1. The van der Waals surface area contributed by atoms with Crippen molar-refractivity contribution >= 4 is 11.9 Å². The van der Waals surface area contributed by atoms with Gasteiger partial charge in [0.1, 0.15) is 6.10 Å². The van der Waals surface area contributed by atoms with E-state index in [1.807, 2.05) is 6.92 Å². The molecule has 6 heteroatoms. The largest absolute Gasteiger partial charge is 0.454 e. The van der Waals surface area contributed by atoms with Crippen LogP contribution < -0.4 is 0 Å². The number of esters is 2. The molecule has 0 unspecified atom stereocenters. The predicted molar refractivity (Wildman–Crippen MR) is 98.5 cm³/mol. The maximum atomic E-state index is 12.7. The second-order valence-electron chi connectivity index (χ2n) is 8.34. The van der Waals surface area contributed by atoms with E-state index in [9.17, 15) is 14.7 Å². The molecule has 0 bridgehead atoms. The number of hydrogen-bond donors (Lipinski definition) is 1. The number of aliphatic hydroxyl groups is 1. The third-order valence-corrected chi connectivity index (χ3v) is 7.28. The molecule has 0 aromatic heterocycles. The maximum absolute atomic E-state index is 12.7. The van der Waals surface area contributed by atoms with Crippen LogP contribution in [0.4, 0.5) is 0 Å². The molecule has 0 aromatic carbocycles. The monoisotopic (exact) mass is 378 g/mol. The van der Waals surface area contributed by atoms with Crippen LogP contribution in [0.2, 0.25) is 0 Å². The average molecular weight is 378 g/mol. The minimum atomic E-state index is -1.19. The first kappa shape index (κ1) is 20.1. The molecule has 1 N–H and O–H groups in total. The zero-order valence-electron chi connectivity index (χ0n) is 17.0. The zero-order chi connectivity index (χ0) is 20.1. The number of hydrogen-bond acceptors (Lipinski definition) is 6. The molecule has 0 spiro atoms. The first-order valence-electron chi connectivity index (χ1n) is 9.64. The molecule has 0 aromatic rings. The number of rotatable bonds is 3. The van der Waals surface area contributed by atoms with Crippen LogP contribution in [-0.2, 0) is 23.8 Å². The van der Waals surface area contributed by atoms with Crippen molar-refractivity contribution in [3.05, 3.63) is 22.8 Å². The fourth-order valence-electron chi connectivity index (χ4n) is 5.09. The Labute approximate surface area is 160 Å². The smallest absolute Gasteiger partial charge is 0.336 e. The highest BCUT2D eigenvalue weighted by Gasteiger charge is 2.66. The summed E-state index contributed by atoms with van der Waals surface area (Å²) in [6.07, 6.45) is 2.45. The highest BCUT2D eigenvalue weighted by molar-refractivity contribution is 5.93. The van der Waals surface area contributed by atoms with Gasteiger partial charge >= 0.3 is 11.9 Å². The number of carbonyl (C=O) groups excluding carboxylic acids is 2. The zero-order valence-corrected chi connectivity index (χ0v) is 17.0. The van der Waals surface area contributed by atoms with Crippen LogP contribution in [0.5, 0.6) is 0 Å². The Morgan fingerprint density at radius 2 is 2.04 bits per heavy atom. The Morgan fingerprint density at radius 3 is 2.63 bits per heavy atom. The molecule has 0 saturated heterocycles. The van der Waals surface area contributed by atoms with E-state index in [-0.39, 0.29) is 11.8 Å². The van der Waals surface area contributed by atoms with Crippen LogP contribution in [0.3, 0.4) is 0 Å². The van der Waals surface area contributed by atoms with Crippen molar-refractivity contribution in [1.82, 2.24) is 0 Å². The SMILES string of the molecule is C/C=C(/C)C(=O)O[C@@H]1C2=C(C)C(=O)O[C@@]2(OC)C[C@H]2CC[C@H](O)[C@H](C)[C@]21C. The minimum Gasteiger partial charge on any atom is -0.454 e. The van der Waals surface area contributed by atoms with Crippen molar-refractivity contribution in [3.63, 3.8) is 0 Å². The van der Waals surface area contributed by atoms with E-state index in [4.69, 9.17) is 14.2 Å². The van der Waals surface area contributed by atoms with Gasteiger partial charge < -0.3 is 19.3 Å². The first-order chi connectivity index (χ1) is 12.6. The highest BCUT2D eigenvalue weighted by atomic mass is 16.7. The standard InChI is InChI=1S/C21H30O6/c1-7-11(2)18(23)26-17-16-12(3)19(24)27-21(16,25-6)10-14-8-9-15(22)13(4)20(14,17)5/h7,13-15,17,22H,8-10H2,1-6H3/b11-7-/t13-,14+,15-,17+,20+,21-/m0/s1. The van der Waals surface area contributed by atoms with Gasteiger partial charge in [0.2, 0.25) is 5.79 Å². The molecule has 0 radical (unpaired) electrons. The normalized spacial score (nSPS) is 41.7. The average Bonchev–Trinajstić information content (AvgIpc) is 2.90. The van der Waals surface area contributed by atoms with E-state index in [0.29, 0.717) is 29.6 Å². The number of methoxy groups -OCH3 is 1. The summed E-state index contributed by atoms with van der Waals surface area (Å²) in [7, 11) is 1.52. The van der Waals surface area contributed by atoms with Crippen molar-refractivity contribution in [3.8, 4) is 0 Å². The van der Waals surface area contributed by atoms with Crippen molar-refractivity contribution in [1.29, 1.82) is 0 Å². The highest BCUT2D eigenvalue weighted by Crippen LogP contribution is 2.61. The van der Waals surface area contributed by atoms with Crippen LogP contribution in [0.25, 0.3) is 0 Å². The van der Waals surface area contributed by atoms with Crippen LogP contribution in [0, 0.1) is 17.3 Å². The first-order valence-corrected chi connectivity index (χ1v) is 9.64. The van der Waals surface area contributed by atoms with Crippen molar-refractivity contribution < 1.29 is 28.9 Å². The lowest BCUT2D eigenvalue weighted by molar-refractivity contribution is -0.242. The summed E-state index contributed by atoms with van der Waals surface area (Å²) in [6, 6.07) is 0. The summed E-state index contributed by atoms with van der Waals surface area (Å²) in [5.74, 6) is -2.08. The van der Waals surface area contributed by atoms with Crippen LogP contribution in [0.15, 0.2) is 22.8 Å². The fraction of sp³-hybridized carbons (Fsp3) is 0.714. The predicted octanol–water partition coefficient (Wildman–Crippen LogP) is 2.90. The lowest BCUT2D eigenvalue weighted by atomic mass is 9.51. The number of aliphatic hydroxyl groups excluding tert-OH is 1. The molecule has 27 heavy (non-hydrogen) atoms. The number of allylic oxidation sites excluding steroid dienone is 1. The van der Waals surface area contributed by atoms with Crippen LogP contribution >= 0.6 is 0 Å². The Morgan fingerprint density at radius 1 is 1.37 bits per heavy atom. The van der Waals surface area contributed by atoms with E-state index in [1.165, 1.54) is 7.11 Å². The molecule has 2 fully saturated rings. The van der Waals surface area contributed by atoms with Crippen LogP contribution in [-0.4, -0.2) is 42.1 Å². The summed E-state index contributed by atoms with van der Waals surface area (Å²) in [5.41, 5.74) is 0.997. The molecule has 0 amide bonds. The van der Waals surface area contributed by atoms with Gasteiger partial charge in [0, 0.05) is 30.1 Å². The van der Waals surface area contributed by atoms with E-state index in [1.54, 1.807) is 26.8 Å². The van der Waals surface area contributed by atoms with Gasteiger partial charge in [-0.15, -0.1) is 0 Å². The summed E-state index contributed by atoms with van der Waals surface area (Å²) < 4.78 is 17.4. The molecule has 150 valence electrons. The van der Waals surface area contributed by atoms with Gasteiger partial charge in [0.25, 0.3) is 0 Å². The van der Waals surface area contributed by atoms with Crippen molar-refractivity contribution in [2.24, 2.45) is 17.3 Å². The third kappa shape index (κ3) is 2.76. The minimum absolute atomic E-state index is 0.0852. The van der Waals surface area contributed by atoms with Gasteiger partial charge in [-0.3, -0.25) is 0 Å². The summed E-state index contributed by atoms with van der Waals surface area (Å²) in [5, 5.41) is 10.6. The third-order valence-electron chi connectivity index (χ3n) is 7.28. The topological polar surface area (TPSA) is 82.1 Å². The molecule has 1 heterocycles. The molecule has 3 aliphatic rings. The molecule has 6 nitrogen and oxygen atoms in total.